The summed E-state index contributed by atoms with van der Waals surface area (Å²) in [5.41, 5.74) is 1.05. The summed E-state index contributed by atoms with van der Waals surface area (Å²) in [6, 6.07) is 4.21. The molecule has 2 aliphatic heterocycles. The van der Waals surface area contributed by atoms with Gasteiger partial charge in [0.1, 0.15) is 6.04 Å². The number of hydrogen-bond donors (Lipinski definition) is 2. The van der Waals surface area contributed by atoms with Crippen LogP contribution in [0.2, 0.25) is 0 Å². The number of unbranched alkanes of at least 4 members (excludes halogenated alkanes) is 3. The van der Waals surface area contributed by atoms with Crippen molar-refractivity contribution in [3.8, 4) is 0 Å². The van der Waals surface area contributed by atoms with Crippen LogP contribution in [0.15, 0.2) is 30.4 Å². The topological polar surface area (TPSA) is 122 Å². The Bertz CT molecular complexity index is 1180. The van der Waals surface area contributed by atoms with E-state index in [0.717, 1.165) is 36.1 Å². The van der Waals surface area contributed by atoms with E-state index in [4.69, 9.17) is 4.74 Å². The van der Waals surface area contributed by atoms with Gasteiger partial charge in [0.25, 0.3) is 11.8 Å². The fourth-order valence-corrected chi connectivity index (χ4v) is 5.32. The van der Waals surface area contributed by atoms with Gasteiger partial charge in [0.15, 0.2) is 0 Å². The molecule has 1 aromatic carbocycles. The molecule has 2 atom stereocenters. The Morgan fingerprint density at radius 1 is 1.17 bits per heavy atom. The Balaban J connectivity index is 1.52. The van der Waals surface area contributed by atoms with Crippen LogP contribution in [0.3, 0.4) is 0 Å². The summed E-state index contributed by atoms with van der Waals surface area (Å²) in [6.07, 6.45) is 9.33. The van der Waals surface area contributed by atoms with Crippen molar-refractivity contribution in [2.24, 2.45) is 0 Å². The molecule has 186 valence electrons. The van der Waals surface area contributed by atoms with Crippen LogP contribution in [0.1, 0.15) is 66.9 Å². The van der Waals surface area contributed by atoms with E-state index in [-0.39, 0.29) is 16.3 Å². The number of amides is 5. The summed E-state index contributed by atoms with van der Waals surface area (Å²) in [6.45, 7) is 3.05. The van der Waals surface area contributed by atoms with Gasteiger partial charge in [-0.25, -0.2) is 0 Å². The number of rotatable bonds is 9. The zero-order chi connectivity index (χ0) is 25.9. The first-order valence-corrected chi connectivity index (χ1v) is 14.4. The van der Waals surface area contributed by atoms with Crippen LogP contribution >= 0.6 is 0 Å². The molecule has 0 spiro atoms. The molecule has 5 amide bonds. The molecule has 1 saturated heterocycles. The van der Waals surface area contributed by atoms with Gasteiger partial charge in [0, 0.05) is 17.5 Å². The normalized spacial score (nSPS) is 23.1. The van der Waals surface area contributed by atoms with Crippen LogP contribution in [-0.2, 0) is 19.1 Å². The maximum absolute atomic E-state index is 13.7. The minimum atomic E-state index is -1.04. The molecular weight excluding hydrogens is 655 g/mol. The van der Waals surface area contributed by atoms with E-state index < -0.39 is 35.3 Å². The molecule has 36 heavy (non-hydrogen) atoms. The second-order valence-corrected chi connectivity index (χ2v) is 11.4. The number of nitrogens with zero attached hydrogens (tertiary/aromatic N) is 1. The smallest absolute Gasteiger partial charge is 0.262 e. The van der Waals surface area contributed by atoms with E-state index in [1.807, 2.05) is 25.1 Å². The van der Waals surface area contributed by atoms with Crippen LogP contribution in [0.4, 0.5) is 4.79 Å². The Morgan fingerprint density at radius 2 is 1.94 bits per heavy atom. The predicted molar refractivity (Wildman–Crippen MR) is 133 cm³/mol. The number of piperidine rings is 1. The quantitative estimate of drug-likeness (QED) is 0.234. The number of benzene rings is 1. The molecule has 9 nitrogen and oxygen atoms in total. The summed E-state index contributed by atoms with van der Waals surface area (Å²) < 4.78 is 6.35. The molecule has 2 N–H and O–H groups in total. The Kier molecular flexibility index (Phi) is 8.18. The molecule has 2 heterocycles. The fourth-order valence-electron chi connectivity index (χ4n) is 4.76. The summed E-state index contributed by atoms with van der Waals surface area (Å²) in [7, 11) is 0. The number of carbonyl (C=O) groups is 5. The number of nitrogens with one attached hydrogen (secondary N) is 2. The fraction of sp³-hybridized carbons (Fsp3) is 0.423. The van der Waals surface area contributed by atoms with Gasteiger partial charge in [-0.3, -0.25) is 29.4 Å². The molecule has 4 rings (SSSR count). The van der Waals surface area contributed by atoms with Gasteiger partial charge >= 0.3 is 119 Å². The molecule has 1 aromatic rings. The minimum Gasteiger partial charge on any atom is -0.295 e. The molecular formula is C26H28N3O6Tl. The van der Waals surface area contributed by atoms with Crippen molar-refractivity contribution in [1.29, 1.82) is 0 Å². The summed E-state index contributed by atoms with van der Waals surface area (Å²) in [5.74, 6) is -2.15. The molecule has 0 aromatic heterocycles. The molecule has 0 bridgehead atoms. The van der Waals surface area contributed by atoms with Crippen molar-refractivity contribution in [2.45, 2.75) is 57.1 Å². The van der Waals surface area contributed by atoms with Crippen molar-refractivity contribution >= 4 is 64.5 Å². The number of carbonyl (C=O) groups excluding carboxylic acids is 5. The van der Waals surface area contributed by atoms with E-state index in [9.17, 15) is 24.0 Å². The van der Waals surface area contributed by atoms with Gasteiger partial charge in [-0.2, -0.15) is 0 Å². The third-order valence-corrected chi connectivity index (χ3v) is 7.39. The van der Waals surface area contributed by atoms with Crippen LogP contribution < -0.4 is 10.6 Å². The van der Waals surface area contributed by atoms with Gasteiger partial charge in [0.05, 0.1) is 0 Å². The van der Waals surface area contributed by atoms with Gasteiger partial charge in [-0.15, -0.1) is 0 Å². The zero-order valence-corrected chi connectivity index (χ0v) is 24.7. The second kappa shape index (κ2) is 11.2. The molecule has 1 aliphatic carbocycles. The third kappa shape index (κ3) is 5.67. The van der Waals surface area contributed by atoms with Crippen molar-refractivity contribution < 1.29 is 28.7 Å². The van der Waals surface area contributed by atoms with E-state index >= 15 is 0 Å². The SMILES string of the molecule is CC1(OCCCCCCN[C](=O)[Tl])C=Cc2cccc3c2C(=C1)C(=O)N(C1CCC(=O)NC1=O)C3=O. The maximum Gasteiger partial charge on any atom is 0.262 e. The molecule has 1 fully saturated rings. The van der Waals surface area contributed by atoms with Crippen LogP contribution in [0.5, 0.6) is 0 Å². The first-order chi connectivity index (χ1) is 17.2. The predicted octanol–water partition coefficient (Wildman–Crippen LogP) is 2.10. The van der Waals surface area contributed by atoms with E-state index in [1.54, 1.807) is 18.2 Å². The molecule has 0 radical (unpaired) electrons. The van der Waals surface area contributed by atoms with E-state index in [0.29, 0.717) is 55.6 Å². The Hall–Kier alpha value is -2.67. The molecule has 10 heteroatoms. The van der Waals surface area contributed by atoms with Crippen LogP contribution in [0, 0.1) is 0 Å². The van der Waals surface area contributed by atoms with Gasteiger partial charge < -0.3 is 0 Å². The molecule has 3 aliphatic rings. The zero-order valence-electron chi connectivity index (χ0n) is 20.2. The molecule has 2 unspecified atom stereocenters. The first-order valence-electron chi connectivity index (χ1n) is 12.1. The second-order valence-electron chi connectivity index (χ2n) is 9.35. The van der Waals surface area contributed by atoms with Gasteiger partial charge in [-0.1, -0.05) is 12.1 Å². The Labute approximate surface area is 225 Å². The summed E-state index contributed by atoms with van der Waals surface area (Å²) in [5, 5.41) is 5.09. The summed E-state index contributed by atoms with van der Waals surface area (Å²) in [4.78, 5) is 63.2. The van der Waals surface area contributed by atoms with E-state index in [2.05, 4.69) is 10.6 Å². The Morgan fingerprint density at radius 3 is 2.69 bits per heavy atom. The number of imide groups is 2. The van der Waals surface area contributed by atoms with E-state index in [1.165, 1.54) is 0 Å². The average Bonchev–Trinajstić information content (AvgIpc) is 2.98. The van der Waals surface area contributed by atoms with Crippen LogP contribution in [0.25, 0.3) is 11.6 Å². The monoisotopic (exact) mass is 683 g/mol. The van der Waals surface area contributed by atoms with Crippen molar-refractivity contribution in [1.82, 2.24) is 15.5 Å². The number of ether oxygens (including phenoxy) is 1. The maximum atomic E-state index is 13.7. The summed E-state index contributed by atoms with van der Waals surface area (Å²) >= 11 is 0.318. The standard InChI is InChI=1S/C26H28N3O6.Tl/c1-26(35-14-5-3-2-4-13-27-16-30)12-11-17-7-6-8-18-22(17)19(15-26)25(34)29(24(18)33)20-9-10-21(31)28-23(20)32;/h6-8,11-12,15,20H,2-5,9-10,13-14H2,1H3,(H,27,30)(H,28,31,32);. The minimum absolute atomic E-state index is 0.0642. The third-order valence-electron chi connectivity index (χ3n) is 6.59. The van der Waals surface area contributed by atoms with Gasteiger partial charge in [-0.05, 0) is 18.1 Å². The average molecular weight is 683 g/mol. The number of hydrogen-bond acceptors (Lipinski definition) is 6. The molecule has 0 saturated carbocycles. The van der Waals surface area contributed by atoms with Crippen LogP contribution in [-0.4, -0.2) is 82.6 Å². The van der Waals surface area contributed by atoms with Gasteiger partial charge in [0.2, 0.25) is 11.8 Å². The van der Waals surface area contributed by atoms with Crippen molar-refractivity contribution in [3.63, 3.8) is 0 Å². The first kappa shape index (κ1) is 26.4. The van der Waals surface area contributed by atoms with Crippen molar-refractivity contribution in [3.05, 3.63) is 47.0 Å². The largest absolute Gasteiger partial charge is 0.295 e. The van der Waals surface area contributed by atoms with Crippen molar-refractivity contribution in [2.75, 3.05) is 13.2 Å².